The van der Waals surface area contributed by atoms with Crippen LogP contribution in [0.3, 0.4) is 0 Å². The van der Waals surface area contributed by atoms with Crippen molar-refractivity contribution in [3.8, 4) is 0 Å². The molecule has 2 amide bonds. The number of piperazine rings is 1. The fourth-order valence-corrected chi connectivity index (χ4v) is 3.49. The van der Waals surface area contributed by atoms with Crippen LogP contribution in [0.2, 0.25) is 0 Å². The average Bonchev–Trinajstić information content (AvgIpc) is 3.22. The first kappa shape index (κ1) is 18.4. The molecule has 0 aliphatic carbocycles. The summed E-state index contributed by atoms with van der Waals surface area (Å²) in [6, 6.07) is 13.5. The van der Waals surface area contributed by atoms with Crippen LogP contribution in [-0.2, 0) is 4.79 Å². The molecule has 5 nitrogen and oxygen atoms in total. The first-order valence-corrected chi connectivity index (χ1v) is 9.66. The Labute approximate surface area is 157 Å². The predicted molar refractivity (Wildman–Crippen MR) is 105 cm³/mol. The summed E-state index contributed by atoms with van der Waals surface area (Å²) in [7, 11) is 0. The molecule has 1 aliphatic rings. The third-order valence-corrected chi connectivity index (χ3v) is 5.23. The van der Waals surface area contributed by atoms with E-state index in [1.165, 1.54) is 11.3 Å². The van der Waals surface area contributed by atoms with E-state index < -0.39 is 0 Å². The van der Waals surface area contributed by atoms with Crippen LogP contribution in [0.25, 0.3) is 6.08 Å². The van der Waals surface area contributed by atoms with Crippen molar-refractivity contribution in [1.29, 1.82) is 0 Å². The van der Waals surface area contributed by atoms with Gasteiger partial charge >= 0.3 is 0 Å². The van der Waals surface area contributed by atoms with Gasteiger partial charge in [0.05, 0.1) is 4.88 Å². The maximum absolute atomic E-state index is 12.3. The molecule has 0 radical (unpaired) electrons. The average molecular weight is 369 g/mol. The number of nitrogens with zero attached hydrogens (tertiary/aromatic N) is 2. The Bertz CT molecular complexity index is 736. The van der Waals surface area contributed by atoms with Gasteiger partial charge in [0.15, 0.2) is 0 Å². The molecule has 0 saturated carbocycles. The molecular weight excluding hydrogens is 346 g/mol. The lowest BCUT2D eigenvalue weighted by atomic mass is 10.2. The lowest BCUT2D eigenvalue weighted by Crippen LogP contribution is -2.49. The van der Waals surface area contributed by atoms with Crippen molar-refractivity contribution >= 4 is 29.2 Å². The molecule has 6 heteroatoms. The van der Waals surface area contributed by atoms with E-state index in [0.717, 1.165) is 43.2 Å². The van der Waals surface area contributed by atoms with E-state index >= 15 is 0 Å². The third-order valence-electron chi connectivity index (χ3n) is 4.36. The second kappa shape index (κ2) is 9.31. The van der Waals surface area contributed by atoms with Crippen molar-refractivity contribution in [3.05, 3.63) is 64.4 Å². The van der Waals surface area contributed by atoms with Gasteiger partial charge in [-0.15, -0.1) is 11.3 Å². The molecule has 1 aromatic carbocycles. The molecule has 1 aliphatic heterocycles. The Balaban J connectivity index is 1.36. The minimum atomic E-state index is -0.0140. The largest absolute Gasteiger partial charge is 0.350 e. The van der Waals surface area contributed by atoms with Crippen molar-refractivity contribution in [1.82, 2.24) is 15.1 Å². The van der Waals surface area contributed by atoms with Crippen molar-refractivity contribution in [2.75, 3.05) is 39.3 Å². The summed E-state index contributed by atoms with van der Waals surface area (Å²) in [6.45, 7) is 4.53. The minimum absolute atomic E-state index is 0.0140. The number of hydrogen-bond donors (Lipinski definition) is 1. The maximum atomic E-state index is 12.3. The van der Waals surface area contributed by atoms with Gasteiger partial charge in [0, 0.05) is 45.3 Å². The molecule has 2 aromatic rings. The van der Waals surface area contributed by atoms with Gasteiger partial charge in [-0.3, -0.25) is 14.5 Å². The first-order chi connectivity index (χ1) is 12.7. The molecule has 3 rings (SSSR count). The van der Waals surface area contributed by atoms with Crippen LogP contribution in [0.1, 0.15) is 15.2 Å². The molecule has 0 bridgehead atoms. The fourth-order valence-electron chi connectivity index (χ4n) is 2.85. The summed E-state index contributed by atoms with van der Waals surface area (Å²) in [5.41, 5.74) is 1.03. The Morgan fingerprint density at radius 3 is 2.50 bits per heavy atom. The third kappa shape index (κ3) is 5.28. The summed E-state index contributed by atoms with van der Waals surface area (Å²) in [5.74, 6) is 0.0411. The number of rotatable bonds is 6. The molecule has 0 unspecified atom stereocenters. The highest BCUT2D eigenvalue weighted by atomic mass is 32.1. The van der Waals surface area contributed by atoms with E-state index in [1.807, 2.05) is 58.8 Å². The standard InChI is InChI=1S/C20H23N3O2S/c24-19(9-8-17-5-2-1-3-6-17)23-14-12-22(13-15-23)11-10-21-20(25)18-7-4-16-26-18/h1-9,16H,10-15H2,(H,21,25)/b9-8+. The van der Waals surface area contributed by atoms with Crippen molar-refractivity contribution < 1.29 is 9.59 Å². The van der Waals surface area contributed by atoms with Gasteiger partial charge in [-0.05, 0) is 23.1 Å². The maximum Gasteiger partial charge on any atom is 0.261 e. The summed E-state index contributed by atoms with van der Waals surface area (Å²) in [6.07, 6.45) is 3.50. The molecule has 1 N–H and O–H groups in total. The zero-order valence-electron chi connectivity index (χ0n) is 14.6. The van der Waals surface area contributed by atoms with E-state index in [9.17, 15) is 9.59 Å². The Hall–Kier alpha value is -2.44. The quantitative estimate of drug-likeness (QED) is 0.795. The monoisotopic (exact) mass is 369 g/mol. The molecule has 1 aromatic heterocycles. The van der Waals surface area contributed by atoms with Crippen molar-refractivity contribution in [2.45, 2.75) is 0 Å². The Morgan fingerprint density at radius 2 is 1.81 bits per heavy atom. The summed E-state index contributed by atoms with van der Waals surface area (Å²) in [5, 5.41) is 4.84. The van der Waals surface area contributed by atoms with Crippen LogP contribution in [0, 0.1) is 0 Å². The predicted octanol–water partition coefficient (Wildman–Crippen LogP) is 2.34. The second-order valence-corrected chi connectivity index (χ2v) is 7.09. The normalized spacial score (nSPS) is 15.3. The van der Waals surface area contributed by atoms with E-state index in [-0.39, 0.29) is 11.8 Å². The molecule has 2 heterocycles. The molecule has 0 atom stereocenters. The van der Waals surface area contributed by atoms with Gasteiger partial charge in [-0.2, -0.15) is 0 Å². The van der Waals surface area contributed by atoms with E-state index in [4.69, 9.17) is 0 Å². The van der Waals surface area contributed by atoms with Gasteiger partial charge in [-0.1, -0.05) is 36.4 Å². The number of benzene rings is 1. The lowest BCUT2D eigenvalue weighted by Gasteiger charge is -2.34. The molecule has 26 heavy (non-hydrogen) atoms. The summed E-state index contributed by atoms with van der Waals surface area (Å²) < 4.78 is 0. The van der Waals surface area contributed by atoms with E-state index in [0.29, 0.717) is 6.54 Å². The Morgan fingerprint density at radius 1 is 1.04 bits per heavy atom. The van der Waals surface area contributed by atoms with Crippen LogP contribution < -0.4 is 5.32 Å². The highest BCUT2D eigenvalue weighted by Crippen LogP contribution is 2.08. The highest BCUT2D eigenvalue weighted by Gasteiger charge is 2.19. The molecular formula is C20H23N3O2S. The van der Waals surface area contributed by atoms with Crippen molar-refractivity contribution in [3.63, 3.8) is 0 Å². The number of hydrogen-bond acceptors (Lipinski definition) is 4. The number of thiophene rings is 1. The Kier molecular flexibility index (Phi) is 6.57. The minimum Gasteiger partial charge on any atom is -0.350 e. The SMILES string of the molecule is O=C(NCCN1CCN(C(=O)/C=C/c2ccccc2)CC1)c1cccs1. The molecule has 1 fully saturated rings. The van der Waals surface area contributed by atoms with Crippen LogP contribution in [-0.4, -0.2) is 60.9 Å². The molecule has 1 saturated heterocycles. The van der Waals surface area contributed by atoms with Gasteiger partial charge in [-0.25, -0.2) is 0 Å². The highest BCUT2D eigenvalue weighted by molar-refractivity contribution is 7.12. The topological polar surface area (TPSA) is 52.7 Å². The van der Waals surface area contributed by atoms with Crippen LogP contribution in [0.5, 0.6) is 0 Å². The number of nitrogens with one attached hydrogen (secondary N) is 1. The number of carbonyl (C=O) groups excluding carboxylic acids is 2. The van der Waals surface area contributed by atoms with Crippen LogP contribution >= 0.6 is 11.3 Å². The van der Waals surface area contributed by atoms with Crippen LogP contribution in [0.4, 0.5) is 0 Å². The summed E-state index contributed by atoms with van der Waals surface area (Å²) >= 11 is 1.45. The smallest absolute Gasteiger partial charge is 0.261 e. The van der Waals surface area contributed by atoms with Gasteiger partial charge in [0.25, 0.3) is 5.91 Å². The zero-order chi connectivity index (χ0) is 18.2. The van der Waals surface area contributed by atoms with E-state index in [1.54, 1.807) is 6.08 Å². The second-order valence-electron chi connectivity index (χ2n) is 6.14. The fraction of sp³-hybridized carbons (Fsp3) is 0.300. The summed E-state index contributed by atoms with van der Waals surface area (Å²) in [4.78, 5) is 29.1. The molecule has 0 spiro atoms. The number of amides is 2. The van der Waals surface area contributed by atoms with Crippen LogP contribution in [0.15, 0.2) is 53.9 Å². The number of carbonyl (C=O) groups is 2. The first-order valence-electron chi connectivity index (χ1n) is 8.78. The van der Waals surface area contributed by atoms with Gasteiger partial charge in [0.1, 0.15) is 0 Å². The van der Waals surface area contributed by atoms with Gasteiger partial charge in [0.2, 0.25) is 5.91 Å². The lowest BCUT2D eigenvalue weighted by molar-refractivity contribution is -0.127. The molecule has 136 valence electrons. The zero-order valence-corrected chi connectivity index (χ0v) is 15.5. The van der Waals surface area contributed by atoms with Gasteiger partial charge < -0.3 is 10.2 Å². The van der Waals surface area contributed by atoms with Crippen molar-refractivity contribution in [2.24, 2.45) is 0 Å². The van der Waals surface area contributed by atoms with E-state index in [2.05, 4.69) is 10.2 Å².